The second-order valence-electron chi connectivity index (χ2n) is 5.73. The molecule has 1 aromatic carbocycles. The van der Waals surface area contributed by atoms with Crippen LogP contribution in [0.1, 0.15) is 18.1 Å². The molecule has 0 spiro atoms. The van der Waals surface area contributed by atoms with Crippen molar-refractivity contribution in [1.82, 2.24) is 9.80 Å². The van der Waals surface area contributed by atoms with E-state index in [2.05, 4.69) is 67.9 Å². The van der Waals surface area contributed by atoms with Gasteiger partial charge in [-0.2, -0.15) is 0 Å². The Kier molecular flexibility index (Phi) is 4.53. The molecule has 1 aliphatic rings. The van der Waals surface area contributed by atoms with Gasteiger partial charge in [0.15, 0.2) is 0 Å². The topological polar surface area (TPSA) is 15.7 Å². The van der Waals surface area contributed by atoms with Crippen LogP contribution in [0.4, 0.5) is 0 Å². The van der Waals surface area contributed by atoms with Crippen molar-refractivity contribution in [3.05, 3.63) is 59.5 Å². The Balaban J connectivity index is 2.38. The third kappa shape index (κ3) is 3.37. The van der Waals surface area contributed by atoms with Crippen molar-refractivity contribution < 1.29 is 4.74 Å². The van der Waals surface area contributed by atoms with Crippen molar-refractivity contribution >= 4 is 5.57 Å². The zero-order valence-corrected chi connectivity index (χ0v) is 13.6. The fourth-order valence-corrected chi connectivity index (χ4v) is 2.47. The number of hydrogen-bond acceptors (Lipinski definition) is 3. The van der Waals surface area contributed by atoms with Crippen LogP contribution in [-0.4, -0.2) is 38.1 Å². The van der Waals surface area contributed by atoms with Gasteiger partial charge in [0.1, 0.15) is 5.75 Å². The Hall–Kier alpha value is -2.00. The summed E-state index contributed by atoms with van der Waals surface area (Å²) in [5.74, 6) is 0.931. The van der Waals surface area contributed by atoms with Crippen LogP contribution in [-0.2, 0) is 6.54 Å². The van der Waals surface area contributed by atoms with E-state index in [1.165, 1.54) is 16.7 Å². The second kappa shape index (κ2) is 6.19. The monoisotopic (exact) mass is 284 g/mol. The first-order valence-corrected chi connectivity index (χ1v) is 7.06. The molecule has 21 heavy (non-hydrogen) atoms. The van der Waals surface area contributed by atoms with Gasteiger partial charge in [-0.15, -0.1) is 0 Å². The van der Waals surface area contributed by atoms with Crippen molar-refractivity contribution in [3.8, 4) is 5.75 Å². The predicted octanol–water partition coefficient (Wildman–Crippen LogP) is 3.50. The first-order valence-electron chi connectivity index (χ1n) is 7.06. The minimum atomic E-state index is 0.869. The van der Waals surface area contributed by atoms with Gasteiger partial charge < -0.3 is 14.5 Å². The van der Waals surface area contributed by atoms with Gasteiger partial charge in [-0.3, -0.25) is 0 Å². The maximum Gasteiger partial charge on any atom is 0.123 e. The highest BCUT2D eigenvalue weighted by atomic mass is 16.5. The van der Waals surface area contributed by atoms with E-state index in [0.717, 1.165) is 23.6 Å². The number of ether oxygens (including phenoxy) is 1. The molecule has 1 aliphatic heterocycles. The van der Waals surface area contributed by atoms with E-state index in [1.54, 1.807) is 7.11 Å². The third-order valence-corrected chi connectivity index (χ3v) is 3.69. The van der Waals surface area contributed by atoms with Gasteiger partial charge in [0.25, 0.3) is 0 Å². The van der Waals surface area contributed by atoms with Crippen molar-refractivity contribution in [3.63, 3.8) is 0 Å². The molecule has 0 amide bonds. The molecular weight excluding hydrogens is 260 g/mol. The smallest absolute Gasteiger partial charge is 0.123 e. The first kappa shape index (κ1) is 15.4. The average Bonchev–Trinajstić information content (AvgIpc) is 2.44. The van der Waals surface area contributed by atoms with Crippen LogP contribution < -0.4 is 4.74 Å². The van der Waals surface area contributed by atoms with E-state index >= 15 is 0 Å². The van der Waals surface area contributed by atoms with Crippen LogP contribution in [0.3, 0.4) is 0 Å². The van der Waals surface area contributed by atoms with Crippen LogP contribution in [0, 0.1) is 0 Å². The summed E-state index contributed by atoms with van der Waals surface area (Å²) in [4.78, 5) is 4.20. The molecule has 0 radical (unpaired) electrons. The lowest BCUT2D eigenvalue weighted by molar-refractivity contribution is 0.372. The quantitative estimate of drug-likeness (QED) is 0.841. The Morgan fingerprint density at radius 1 is 1.29 bits per heavy atom. The van der Waals surface area contributed by atoms with Crippen molar-refractivity contribution in [2.24, 2.45) is 0 Å². The highest BCUT2D eigenvalue weighted by Crippen LogP contribution is 2.30. The molecule has 0 saturated heterocycles. The van der Waals surface area contributed by atoms with Crippen molar-refractivity contribution in [2.45, 2.75) is 13.5 Å². The highest BCUT2D eigenvalue weighted by molar-refractivity contribution is 5.78. The molecule has 0 aliphatic carbocycles. The van der Waals surface area contributed by atoms with Crippen LogP contribution in [0.2, 0.25) is 0 Å². The minimum Gasteiger partial charge on any atom is -0.496 e. The number of hydrogen-bond donors (Lipinski definition) is 0. The molecule has 112 valence electrons. The summed E-state index contributed by atoms with van der Waals surface area (Å²) in [6, 6.07) is 6.40. The van der Waals surface area contributed by atoms with Crippen LogP contribution in [0.25, 0.3) is 5.57 Å². The molecular formula is C18H24N2O. The molecule has 0 aromatic heterocycles. The maximum absolute atomic E-state index is 5.55. The fraction of sp³-hybridized carbons (Fsp3) is 0.333. The zero-order chi connectivity index (χ0) is 15.6. The number of methoxy groups -OCH3 is 1. The zero-order valence-electron chi connectivity index (χ0n) is 13.6. The van der Waals surface area contributed by atoms with E-state index in [-0.39, 0.29) is 0 Å². The fourth-order valence-electron chi connectivity index (χ4n) is 2.47. The van der Waals surface area contributed by atoms with Gasteiger partial charge >= 0.3 is 0 Å². The molecule has 0 fully saturated rings. The lowest BCUT2D eigenvalue weighted by atomic mass is 9.98. The lowest BCUT2D eigenvalue weighted by Crippen LogP contribution is -2.14. The lowest BCUT2D eigenvalue weighted by Gasteiger charge is -2.24. The normalized spacial score (nSPS) is 15.1. The summed E-state index contributed by atoms with van der Waals surface area (Å²) in [5.41, 5.74) is 5.76. The van der Waals surface area contributed by atoms with E-state index in [0.29, 0.717) is 0 Å². The molecule has 0 bridgehead atoms. The number of benzene rings is 1. The van der Waals surface area contributed by atoms with Crippen LogP contribution in [0.5, 0.6) is 5.75 Å². The summed E-state index contributed by atoms with van der Waals surface area (Å²) < 4.78 is 5.55. The second-order valence-corrected chi connectivity index (χ2v) is 5.73. The number of nitrogens with zero attached hydrogens (tertiary/aromatic N) is 2. The number of allylic oxidation sites excluding steroid dienone is 3. The largest absolute Gasteiger partial charge is 0.496 e. The Morgan fingerprint density at radius 2 is 2.00 bits per heavy atom. The first-order chi connectivity index (χ1) is 9.92. The molecule has 1 aromatic rings. The van der Waals surface area contributed by atoms with Gasteiger partial charge in [-0.1, -0.05) is 18.7 Å². The molecule has 0 N–H and O–H groups in total. The summed E-state index contributed by atoms with van der Waals surface area (Å²) in [7, 11) is 7.87. The Labute approximate surface area is 127 Å². The van der Waals surface area contributed by atoms with Gasteiger partial charge in [0, 0.05) is 31.1 Å². The Morgan fingerprint density at radius 3 is 2.57 bits per heavy atom. The summed E-state index contributed by atoms with van der Waals surface area (Å²) in [5, 5.41) is 0. The van der Waals surface area contributed by atoms with E-state index in [4.69, 9.17) is 4.74 Å². The standard InChI is InChI=1S/C18H24N2O/c1-13-9-17(12-20(5)14(13)2)15-7-8-16(11-19(3)4)18(10-15)21-6/h7-10,12H,2,11H2,1,3-6H3. The van der Waals surface area contributed by atoms with Gasteiger partial charge in [0.05, 0.1) is 7.11 Å². The molecule has 3 heteroatoms. The maximum atomic E-state index is 5.55. The van der Waals surface area contributed by atoms with Crippen molar-refractivity contribution in [2.75, 3.05) is 28.3 Å². The SMILES string of the molecule is C=C1C(C)=CC(c2ccc(CN(C)C)c(OC)c2)=CN1C. The van der Waals surface area contributed by atoms with Gasteiger partial charge in [-0.05, 0) is 49.9 Å². The van der Waals surface area contributed by atoms with E-state index < -0.39 is 0 Å². The van der Waals surface area contributed by atoms with E-state index in [1.807, 2.05) is 7.05 Å². The molecule has 3 nitrogen and oxygen atoms in total. The summed E-state index contributed by atoms with van der Waals surface area (Å²) >= 11 is 0. The third-order valence-electron chi connectivity index (χ3n) is 3.69. The van der Waals surface area contributed by atoms with E-state index in [9.17, 15) is 0 Å². The Bertz CT molecular complexity index is 612. The highest BCUT2D eigenvalue weighted by Gasteiger charge is 2.13. The predicted molar refractivity (Wildman–Crippen MR) is 89.0 cm³/mol. The van der Waals surface area contributed by atoms with Gasteiger partial charge in [-0.25, -0.2) is 0 Å². The summed E-state index contributed by atoms with van der Waals surface area (Å²) in [6.07, 6.45) is 4.28. The molecule has 0 unspecified atom stereocenters. The molecule has 2 rings (SSSR count). The number of likely N-dealkylation sites (N-methyl/N-ethyl adjacent to an activating group) is 1. The number of rotatable bonds is 4. The van der Waals surface area contributed by atoms with Gasteiger partial charge in [0.2, 0.25) is 0 Å². The van der Waals surface area contributed by atoms with Crippen LogP contribution in [0.15, 0.2) is 48.3 Å². The van der Waals surface area contributed by atoms with Crippen LogP contribution >= 0.6 is 0 Å². The van der Waals surface area contributed by atoms with Crippen molar-refractivity contribution in [1.29, 1.82) is 0 Å². The summed E-state index contributed by atoms with van der Waals surface area (Å²) in [6.45, 7) is 7.02. The molecule has 0 atom stereocenters. The molecule has 1 heterocycles. The molecule has 0 saturated carbocycles. The minimum absolute atomic E-state index is 0.869. The average molecular weight is 284 g/mol.